The van der Waals surface area contributed by atoms with Crippen molar-refractivity contribution in [1.29, 1.82) is 0 Å². The zero-order chi connectivity index (χ0) is 20.2. The standard InChI is InChI=1S/C23H29N3O3/c1-18(2)26(20-6-4-3-5-7-20)23(27)16-25-12-10-24(11-13-25)15-19-8-9-21-22(14-19)29-17-28-21/h3-9,14,18H,10-13,15-17H2,1-2H3. The molecule has 1 amide bonds. The normalized spacial score (nSPS) is 16.9. The van der Waals surface area contributed by atoms with Gasteiger partial charge in [0.25, 0.3) is 0 Å². The van der Waals surface area contributed by atoms with Crippen LogP contribution in [0, 0.1) is 0 Å². The van der Waals surface area contributed by atoms with Gasteiger partial charge in [-0.2, -0.15) is 0 Å². The van der Waals surface area contributed by atoms with Crippen molar-refractivity contribution in [2.24, 2.45) is 0 Å². The summed E-state index contributed by atoms with van der Waals surface area (Å²) in [7, 11) is 0. The highest BCUT2D eigenvalue weighted by Gasteiger charge is 2.24. The quantitative estimate of drug-likeness (QED) is 0.753. The first-order valence-electron chi connectivity index (χ1n) is 10.3. The van der Waals surface area contributed by atoms with E-state index in [2.05, 4.69) is 35.8 Å². The van der Waals surface area contributed by atoms with Crippen molar-refractivity contribution < 1.29 is 14.3 Å². The van der Waals surface area contributed by atoms with Crippen molar-refractivity contribution in [1.82, 2.24) is 9.80 Å². The van der Waals surface area contributed by atoms with Crippen LogP contribution in [0.2, 0.25) is 0 Å². The van der Waals surface area contributed by atoms with E-state index in [1.807, 2.05) is 41.3 Å². The van der Waals surface area contributed by atoms with Crippen LogP contribution in [0.15, 0.2) is 48.5 Å². The number of hydrogen-bond acceptors (Lipinski definition) is 5. The number of ether oxygens (including phenoxy) is 2. The third-order valence-corrected chi connectivity index (χ3v) is 5.49. The van der Waals surface area contributed by atoms with Gasteiger partial charge in [-0.3, -0.25) is 14.6 Å². The number of fused-ring (bicyclic) bond motifs is 1. The first-order valence-corrected chi connectivity index (χ1v) is 10.3. The fourth-order valence-electron chi connectivity index (χ4n) is 3.99. The van der Waals surface area contributed by atoms with Gasteiger partial charge in [-0.25, -0.2) is 0 Å². The fourth-order valence-corrected chi connectivity index (χ4v) is 3.99. The molecular weight excluding hydrogens is 366 g/mol. The number of piperazine rings is 1. The molecule has 29 heavy (non-hydrogen) atoms. The van der Waals surface area contributed by atoms with Crippen LogP contribution in [0.25, 0.3) is 0 Å². The van der Waals surface area contributed by atoms with Crippen LogP contribution in [0.1, 0.15) is 19.4 Å². The topological polar surface area (TPSA) is 45.3 Å². The van der Waals surface area contributed by atoms with Gasteiger partial charge in [0.2, 0.25) is 12.7 Å². The van der Waals surface area contributed by atoms with Crippen LogP contribution in [0.4, 0.5) is 5.69 Å². The Morgan fingerprint density at radius 1 is 0.966 bits per heavy atom. The molecule has 6 heteroatoms. The van der Waals surface area contributed by atoms with Gasteiger partial charge in [0, 0.05) is 44.5 Å². The molecule has 2 aliphatic rings. The molecule has 154 valence electrons. The largest absolute Gasteiger partial charge is 0.454 e. The van der Waals surface area contributed by atoms with E-state index in [4.69, 9.17) is 9.47 Å². The van der Waals surface area contributed by atoms with Gasteiger partial charge in [0.05, 0.1) is 6.54 Å². The predicted molar refractivity (Wildman–Crippen MR) is 113 cm³/mol. The molecule has 0 bridgehead atoms. The average Bonchev–Trinajstić information content (AvgIpc) is 3.18. The third-order valence-electron chi connectivity index (χ3n) is 5.49. The smallest absolute Gasteiger partial charge is 0.241 e. The highest BCUT2D eigenvalue weighted by Crippen LogP contribution is 2.32. The molecule has 0 unspecified atom stereocenters. The molecule has 0 saturated carbocycles. The highest BCUT2D eigenvalue weighted by atomic mass is 16.7. The van der Waals surface area contributed by atoms with Crippen molar-refractivity contribution in [3.05, 3.63) is 54.1 Å². The van der Waals surface area contributed by atoms with Gasteiger partial charge in [0.15, 0.2) is 11.5 Å². The lowest BCUT2D eigenvalue weighted by Gasteiger charge is -2.36. The van der Waals surface area contributed by atoms with Gasteiger partial charge in [0.1, 0.15) is 0 Å². The lowest BCUT2D eigenvalue weighted by Crippen LogP contribution is -2.50. The number of para-hydroxylation sites is 1. The molecule has 2 aliphatic heterocycles. The van der Waals surface area contributed by atoms with Crippen LogP contribution in [0.5, 0.6) is 11.5 Å². The number of rotatable bonds is 6. The van der Waals surface area contributed by atoms with Gasteiger partial charge >= 0.3 is 0 Å². The maximum absolute atomic E-state index is 13.0. The van der Waals surface area contributed by atoms with Crippen LogP contribution < -0.4 is 14.4 Å². The first kappa shape index (κ1) is 19.7. The minimum atomic E-state index is 0.136. The Kier molecular flexibility index (Phi) is 6.02. The zero-order valence-corrected chi connectivity index (χ0v) is 17.2. The van der Waals surface area contributed by atoms with E-state index in [9.17, 15) is 4.79 Å². The Morgan fingerprint density at radius 2 is 1.66 bits per heavy atom. The maximum Gasteiger partial charge on any atom is 0.241 e. The average molecular weight is 396 g/mol. The molecule has 1 fully saturated rings. The van der Waals surface area contributed by atoms with Gasteiger partial charge < -0.3 is 14.4 Å². The third kappa shape index (κ3) is 4.71. The number of carbonyl (C=O) groups is 1. The van der Waals surface area contributed by atoms with E-state index < -0.39 is 0 Å². The van der Waals surface area contributed by atoms with Crippen molar-refractivity contribution >= 4 is 11.6 Å². The Bertz CT molecular complexity index is 833. The molecule has 6 nitrogen and oxygen atoms in total. The molecule has 2 aromatic rings. The number of hydrogen-bond donors (Lipinski definition) is 0. The molecule has 2 heterocycles. The molecule has 0 aromatic heterocycles. The monoisotopic (exact) mass is 395 g/mol. The molecule has 0 spiro atoms. The van der Waals surface area contributed by atoms with Gasteiger partial charge in [-0.1, -0.05) is 24.3 Å². The first-order chi connectivity index (χ1) is 14.1. The summed E-state index contributed by atoms with van der Waals surface area (Å²) in [5.74, 6) is 1.82. The summed E-state index contributed by atoms with van der Waals surface area (Å²) in [5.41, 5.74) is 2.20. The van der Waals surface area contributed by atoms with Crippen molar-refractivity contribution in [2.75, 3.05) is 44.4 Å². The summed E-state index contributed by atoms with van der Waals surface area (Å²) < 4.78 is 10.9. The number of amides is 1. The van der Waals surface area contributed by atoms with Crippen molar-refractivity contribution in [3.63, 3.8) is 0 Å². The van der Waals surface area contributed by atoms with Crippen LogP contribution in [-0.2, 0) is 11.3 Å². The zero-order valence-electron chi connectivity index (χ0n) is 17.2. The number of anilines is 1. The van der Waals surface area contributed by atoms with E-state index in [1.165, 1.54) is 5.56 Å². The van der Waals surface area contributed by atoms with Crippen LogP contribution in [0.3, 0.4) is 0 Å². The summed E-state index contributed by atoms with van der Waals surface area (Å²) in [6, 6.07) is 16.2. The van der Waals surface area contributed by atoms with E-state index in [0.717, 1.165) is 49.9 Å². The summed E-state index contributed by atoms with van der Waals surface area (Å²) in [6.07, 6.45) is 0. The molecule has 0 radical (unpaired) electrons. The second-order valence-electron chi connectivity index (χ2n) is 7.93. The number of nitrogens with zero attached hydrogens (tertiary/aromatic N) is 3. The number of carbonyl (C=O) groups excluding carboxylic acids is 1. The number of benzene rings is 2. The molecule has 0 N–H and O–H groups in total. The minimum absolute atomic E-state index is 0.136. The van der Waals surface area contributed by atoms with Gasteiger partial charge in [-0.05, 0) is 43.7 Å². The Balaban J connectivity index is 1.29. The molecule has 0 atom stereocenters. The second-order valence-corrected chi connectivity index (χ2v) is 7.93. The molecule has 0 aliphatic carbocycles. The summed E-state index contributed by atoms with van der Waals surface area (Å²) in [5, 5.41) is 0. The maximum atomic E-state index is 13.0. The molecule has 1 saturated heterocycles. The summed E-state index contributed by atoms with van der Waals surface area (Å²) >= 11 is 0. The van der Waals surface area contributed by atoms with E-state index in [1.54, 1.807) is 0 Å². The highest BCUT2D eigenvalue weighted by molar-refractivity contribution is 5.95. The van der Waals surface area contributed by atoms with Crippen molar-refractivity contribution in [3.8, 4) is 11.5 Å². The van der Waals surface area contributed by atoms with E-state index >= 15 is 0 Å². The Morgan fingerprint density at radius 3 is 2.38 bits per heavy atom. The molecule has 2 aromatic carbocycles. The Labute approximate surface area is 172 Å². The Hall–Kier alpha value is -2.57. The predicted octanol–water partition coefficient (Wildman–Crippen LogP) is 2.97. The van der Waals surface area contributed by atoms with E-state index in [0.29, 0.717) is 13.3 Å². The lowest BCUT2D eigenvalue weighted by atomic mass is 10.1. The molecular formula is C23H29N3O3. The van der Waals surface area contributed by atoms with Gasteiger partial charge in [-0.15, -0.1) is 0 Å². The van der Waals surface area contributed by atoms with Crippen LogP contribution in [-0.4, -0.2) is 61.3 Å². The second kappa shape index (κ2) is 8.84. The van der Waals surface area contributed by atoms with E-state index in [-0.39, 0.29) is 11.9 Å². The minimum Gasteiger partial charge on any atom is -0.454 e. The SMILES string of the molecule is CC(C)N(C(=O)CN1CCN(Cc2ccc3c(c2)OCO3)CC1)c1ccccc1. The fraction of sp³-hybridized carbons (Fsp3) is 0.435. The summed E-state index contributed by atoms with van der Waals surface area (Å²) in [4.78, 5) is 19.6. The van der Waals surface area contributed by atoms with Crippen LogP contribution >= 0.6 is 0 Å². The molecule has 4 rings (SSSR count). The lowest BCUT2D eigenvalue weighted by molar-refractivity contribution is -0.120. The summed E-state index contributed by atoms with van der Waals surface area (Å²) in [6.45, 7) is 9.49. The van der Waals surface area contributed by atoms with Crippen molar-refractivity contribution in [2.45, 2.75) is 26.4 Å².